The molecule has 1 aromatic carbocycles. The van der Waals surface area contributed by atoms with E-state index in [0.29, 0.717) is 5.56 Å². The van der Waals surface area contributed by atoms with E-state index in [-0.39, 0.29) is 30.7 Å². The summed E-state index contributed by atoms with van der Waals surface area (Å²) >= 11 is 0. The highest BCUT2D eigenvalue weighted by molar-refractivity contribution is 5.96. The topological polar surface area (TPSA) is 256 Å². The average Bonchev–Trinajstić information content (AvgIpc) is 3.36. The van der Waals surface area contributed by atoms with Crippen LogP contribution in [0.2, 0.25) is 0 Å². The Morgan fingerprint density at radius 1 is 1.18 bits per heavy atom. The van der Waals surface area contributed by atoms with Crippen molar-refractivity contribution < 1.29 is 19.8 Å². The van der Waals surface area contributed by atoms with Gasteiger partial charge in [-0.1, -0.05) is 19.1 Å². The van der Waals surface area contributed by atoms with Crippen molar-refractivity contribution in [2.45, 2.75) is 49.8 Å². The number of carbonyl (C=O) groups is 2. The van der Waals surface area contributed by atoms with Crippen molar-refractivity contribution in [1.29, 1.82) is 0 Å². The lowest BCUT2D eigenvalue weighted by molar-refractivity contribution is -0.230. The van der Waals surface area contributed by atoms with Crippen molar-refractivity contribution >= 4 is 23.7 Å². The van der Waals surface area contributed by atoms with Gasteiger partial charge in [0.2, 0.25) is 5.79 Å². The molecule has 1 fully saturated rings. The number of rotatable bonds is 6. The zero-order valence-corrected chi connectivity index (χ0v) is 21.7. The van der Waals surface area contributed by atoms with Crippen LogP contribution >= 0.6 is 0 Å². The molecular weight excluding hydrogens is 524 g/mol. The molecule has 212 valence electrons. The van der Waals surface area contributed by atoms with Crippen LogP contribution in [0.4, 0.5) is 0 Å². The highest BCUT2D eigenvalue weighted by Gasteiger charge is 2.73. The minimum absolute atomic E-state index is 0.106. The average molecular weight is 555 g/mol. The Labute approximate surface area is 226 Å². The monoisotopic (exact) mass is 554 g/mol. The fourth-order valence-corrected chi connectivity index (χ4v) is 5.68. The molecule has 11 N–H and O–H groups in total. The first kappa shape index (κ1) is 26.9. The predicted molar refractivity (Wildman–Crippen MR) is 142 cm³/mol. The van der Waals surface area contributed by atoms with E-state index in [2.05, 4.69) is 30.9 Å². The second kappa shape index (κ2) is 9.49. The number of H-pyrrole nitrogens is 2. The Morgan fingerprint density at radius 2 is 1.93 bits per heavy atom. The molecule has 0 bridgehead atoms. The molecule has 1 aromatic heterocycles. The molecule has 2 aromatic rings. The van der Waals surface area contributed by atoms with E-state index in [0.717, 1.165) is 23.6 Å². The lowest BCUT2D eigenvalue weighted by atomic mass is 9.85. The van der Waals surface area contributed by atoms with E-state index >= 15 is 0 Å². The summed E-state index contributed by atoms with van der Waals surface area (Å²) < 4.78 is 0. The van der Waals surface area contributed by atoms with E-state index in [1.165, 1.54) is 4.90 Å². The van der Waals surface area contributed by atoms with Crippen molar-refractivity contribution in [1.82, 2.24) is 30.8 Å². The van der Waals surface area contributed by atoms with Gasteiger partial charge in [-0.25, -0.2) is 14.8 Å². The van der Waals surface area contributed by atoms with E-state index in [4.69, 9.17) is 11.5 Å². The van der Waals surface area contributed by atoms with Gasteiger partial charge in [0.25, 0.3) is 17.4 Å². The fraction of sp³-hybridized carbons (Fsp3) is 0.417. The Balaban J connectivity index is 1.41. The molecule has 0 radical (unpaired) electrons. The maximum absolute atomic E-state index is 13.3. The molecule has 40 heavy (non-hydrogen) atoms. The highest BCUT2D eigenvalue weighted by Crippen LogP contribution is 2.44. The van der Waals surface area contributed by atoms with E-state index in [1.807, 2.05) is 24.9 Å². The molecule has 0 aliphatic carbocycles. The number of nitrogens with zero attached hydrogens (tertiary/aromatic N) is 3. The van der Waals surface area contributed by atoms with Crippen molar-refractivity contribution in [3.8, 4) is 0 Å². The summed E-state index contributed by atoms with van der Waals surface area (Å²) in [6.07, 6.45) is 0.723. The van der Waals surface area contributed by atoms with Crippen LogP contribution in [0, 0.1) is 6.92 Å². The number of nitrogens with one attached hydrogen (secondary N) is 5. The number of guanidine groups is 2. The zero-order chi connectivity index (χ0) is 29.0. The molecule has 1 saturated heterocycles. The molecule has 5 rings (SSSR count). The summed E-state index contributed by atoms with van der Waals surface area (Å²) in [5.74, 6) is -4.17. The van der Waals surface area contributed by atoms with Crippen molar-refractivity contribution in [2.24, 2.45) is 21.5 Å². The molecule has 16 nitrogen and oxygen atoms in total. The number of benzene rings is 1. The van der Waals surface area contributed by atoms with Crippen LogP contribution in [0.5, 0.6) is 0 Å². The summed E-state index contributed by atoms with van der Waals surface area (Å²) in [7, 11) is 0. The van der Waals surface area contributed by atoms with Crippen molar-refractivity contribution in [3.63, 3.8) is 0 Å². The molecule has 3 aliphatic rings. The summed E-state index contributed by atoms with van der Waals surface area (Å²) in [5.41, 5.74) is 10.7. The first-order valence-electron chi connectivity index (χ1n) is 12.6. The Kier molecular flexibility index (Phi) is 6.38. The normalized spacial score (nSPS) is 26.2. The number of hydrogen-bond acceptors (Lipinski definition) is 12. The lowest BCUT2D eigenvalue weighted by Crippen LogP contribution is -2.78. The summed E-state index contributed by atoms with van der Waals surface area (Å²) in [6.45, 7) is 3.44. The SMILES string of the molecule is CCc1cccc(C(=O)NC2CN3C(N)=N[C@@H](CNC(=O)c4cc(=O)[nH]c(=O)[nH]4)[C@@H]4N=C(N)N[C@@]43C2(O)O)c1C. The molecule has 4 atom stereocenters. The molecular formula is C24H30N10O6. The molecule has 0 saturated carbocycles. The molecule has 4 heterocycles. The van der Waals surface area contributed by atoms with Gasteiger partial charge in [-0.05, 0) is 30.5 Å². The zero-order valence-electron chi connectivity index (χ0n) is 21.7. The molecule has 1 spiro atoms. The predicted octanol–water partition coefficient (Wildman–Crippen LogP) is -3.86. The number of aryl methyl sites for hydroxylation is 1. The largest absolute Gasteiger partial charge is 0.370 e. The van der Waals surface area contributed by atoms with Crippen LogP contribution in [0.25, 0.3) is 0 Å². The smallest absolute Gasteiger partial charge is 0.326 e. The van der Waals surface area contributed by atoms with E-state index < -0.39 is 52.6 Å². The first-order valence-corrected chi connectivity index (χ1v) is 12.6. The Bertz CT molecular complexity index is 1530. The quantitative estimate of drug-likeness (QED) is 0.157. The van der Waals surface area contributed by atoms with Gasteiger partial charge in [0.15, 0.2) is 17.6 Å². The third-order valence-corrected chi connectivity index (χ3v) is 7.66. The number of aromatic amines is 2. The van der Waals surface area contributed by atoms with Crippen molar-refractivity contribution in [3.05, 3.63) is 67.5 Å². The van der Waals surface area contributed by atoms with Gasteiger partial charge in [-0.3, -0.25) is 19.4 Å². The summed E-state index contributed by atoms with van der Waals surface area (Å²) in [5, 5.41) is 31.2. The minimum atomic E-state index is -2.66. The third-order valence-electron chi connectivity index (χ3n) is 7.66. The Hall–Kier alpha value is -4.70. The number of nitrogens with two attached hydrogens (primary N) is 2. The number of aliphatic hydroxyl groups is 2. The standard InChI is InChI=1S/C24H30N10O6/c1-3-11-5-4-6-12(10(11)2)18(36)30-15-9-34-21(26)28-14(17-23(34,24(15,39)40)33-20(25)32-17)8-27-19(37)13-7-16(35)31-22(38)29-13/h4-7,14-15,17,39-40H,3,8-9H2,1-2H3,(H2,26,28)(H,27,37)(H,30,36)(H3,25,32,33)(H2,29,31,35,38)/t14-,15?,17-,23-/m0/s1. The third kappa shape index (κ3) is 4.08. The lowest BCUT2D eigenvalue weighted by Gasteiger charge is -2.49. The molecule has 2 amide bonds. The van der Waals surface area contributed by atoms with Gasteiger partial charge in [0, 0.05) is 24.7 Å². The number of hydrogen-bond donors (Lipinski definition) is 9. The fourth-order valence-electron chi connectivity index (χ4n) is 5.68. The number of aliphatic imine (C=N–C) groups is 2. The maximum atomic E-state index is 13.3. The van der Waals surface area contributed by atoms with Crippen LogP contribution in [0.1, 0.15) is 38.9 Å². The van der Waals surface area contributed by atoms with Gasteiger partial charge in [-0.15, -0.1) is 0 Å². The van der Waals surface area contributed by atoms with Gasteiger partial charge in [0.1, 0.15) is 17.8 Å². The molecule has 1 unspecified atom stereocenters. The van der Waals surface area contributed by atoms with Gasteiger partial charge in [0.05, 0.1) is 6.04 Å². The van der Waals surface area contributed by atoms with Crippen LogP contribution in [-0.2, 0) is 6.42 Å². The first-order chi connectivity index (χ1) is 18.9. The second-order valence-electron chi connectivity index (χ2n) is 9.92. The highest BCUT2D eigenvalue weighted by atomic mass is 16.5. The van der Waals surface area contributed by atoms with Gasteiger partial charge >= 0.3 is 5.69 Å². The second-order valence-corrected chi connectivity index (χ2v) is 9.92. The molecule has 16 heteroatoms. The summed E-state index contributed by atoms with van der Waals surface area (Å²) in [4.78, 5) is 63.3. The van der Waals surface area contributed by atoms with Crippen molar-refractivity contribution in [2.75, 3.05) is 13.1 Å². The van der Waals surface area contributed by atoms with E-state index in [1.54, 1.807) is 12.1 Å². The summed E-state index contributed by atoms with van der Waals surface area (Å²) in [6, 6.07) is 2.99. The Morgan fingerprint density at radius 3 is 2.62 bits per heavy atom. The number of carbonyl (C=O) groups excluding carboxylic acids is 2. The number of aromatic nitrogens is 2. The van der Waals surface area contributed by atoms with Crippen LogP contribution in [0.3, 0.4) is 0 Å². The van der Waals surface area contributed by atoms with E-state index in [9.17, 15) is 29.4 Å². The molecule has 3 aliphatic heterocycles. The maximum Gasteiger partial charge on any atom is 0.326 e. The van der Waals surface area contributed by atoms with Crippen LogP contribution in [-0.4, -0.2) is 91.5 Å². The van der Waals surface area contributed by atoms with Crippen LogP contribution in [0.15, 0.2) is 43.8 Å². The minimum Gasteiger partial charge on any atom is -0.370 e. The van der Waals surface area contributed by atoms with Gasteiger partial charge < -0.3 is 47.5 Å². The van der Waals surface area contributed by atoms with Crippen LogP contribution < -0.4 is 38.7 Å². The van der Waals surface area contributed by atoms with Gasteiger partial charge in [-0.2, -0.15) is 0 Å². The number of amides is 2.